The first-order valence-electron chi connectivity index (χ1n) is 7.13. The molecule has 0 spiro atoms. The predicted octanol–water partition coefficient (Wildman–Crippen LogP) is 0.304. The van der Waals surface area contributed by atoms with Gasteiger partial charge in [-0.25, -0.2) is 15.0 Å². The standard InChI is InChI=1S/C15H11N7O/c23-14-11-7-21-15(16-8-22(21)9-4-2-1-3-5-9)18-12(11)10-6-17-20-13(10)19-14/h1-8,13,20H,(H,19,23). The maximum Gasteiger partial charge on any atom is 0.256 e. The Balaban J connectivity index is 1.61. The van der Waals surface area contributed by atoms with E-state index in [1.807, 2.05) is 35.3 Å². The molecule has 0 fully saturated rings. The van der Waals surface area contributed by atoms with Gasteiger partial charge in [0, 0.05) is 11.8 Å². The SMILES string of the molecule is O=C1NC2NN=CC2=C2N=C3N=CN(c4ccccc4)N3C=C12. The molecule has 23 heavy (non-hydrogen) atoms. The molecule has 1 atom stereocenters. The van der Waals surface area contributed by atoms with E-state index in [4.69, 9.17) is 0 Å². The highest BCUT2D eigenvalue weighted by molar-refractivity contribution is 6.09. The summed E-state index contributed by atoms with van der Waals surface area (Å²) in [5.41, 5.74) is 5.74. The van der Waals surface area contributed by atoms with Gasteiger partial charge in [-0.05, 0) is 12.1 Å². The summed E-state index contributed by atoms with van der Waals surface area (Å²) in [5.74, 6) is 0.336. The Hall–Kier alpha value is -3.42. The molecule has 0 aliphatic carbocycles. The minimum absolute atomic E-state index is 0.186. The fraction of sp³-hybridized carbons (Fsp3) is 0.0667. The molecule has 0 radical (unpaired) electrons. The molecule has 2 N–H and O–H groups in total. The van der Waals surface area contributed by atoms with Crippen molar-refractivity contribution in [2.45, 2.75) is 6.17 Å². The van der Waals surface area contributed by atoms with Gasteiger partial charge in [0.1, 0.15) is 12.5 Å². The minimum Gasteiger partial charge on any atom is -0.327 e. The van der Waals surface area contributed by atoms with Crippen molar-refractivity contribution >= 4 is 30.1 Å². The molecule has 4 heterocycles. The van der Waals surface area contributed by atoms with Gasteiger partial charge >= 0.3 is 0 Å². The number of benzene rings is 1. The van der Waals surface area contributed by atoms with Gasteiger partial charge in [0.05, 0.1) is 23.2 Å². The van der Waals surface area contributed by atoms with Gasteiger partial charge in [0.15, 0.2) is 0 Å². The molecular formula is C15H11N7O. The molecule has 1 amide bonds. The van der Waals surface area contributed by atoms with Crippen LogP contribution in [0.5, 0.6) is 0 Å². The Morgan fingerprint density at radius 2 is 2.00 bits per heavy atom. The maximum atomic E-state index is 12.3. The molecule has 0 saturated carbocycles. The lowest BCUT2D eigenvalue weighted by molar-refractivity contribution is -0.118. The number of para-hydroxylation sites is 1. The van der Waals surface area contributed by atoms with Crippen molar-refractivity contribution in [1.29, 1.82) is 0 Å². The monoisotopic (exact) mass is 305 g/mol. The molecule has 4 aliphatic rings. The third-order valence-corrected chi connectivity index (χ3v) is 3.97. The van der Waals surface area contributed by atoms with Crippen LogP contribution in [0.25, 0.3) is 0 Å². The van der Waals surface area contributed by atoms with Crippen LogP contribution in [0.1, 0.15) is 0 Å². The van der Waals surface area contributed by atoms with E-state index in [-0.39, 0.29) is 12.1 Å². The van der Waals surface area contributed by atoms with Crippen molar-refractivity contribution < 1.29 is 4.79 Å². The summed E-state index contributed by atoms with van der Waals surface area (Å²) >= 11 is 0. The van der Waals surface area contributed by atoms with E-state index >= 15 is 0 Å². The lowest BCUT2D eigenvalue weighted by Crippen LogP contribution is -2.48. The van der Waals surface area contributed by atoms with Crippen LogP contribution in [0.4, 0.5) is 5.69 Å². The molecule has 1 aromatic rings. The zero-order valence-electron chi connectivity index (χ0n) is 11.8. The van der Waals surface area contributed by atoms with E-state index in [1.165, 1.54) is 0 Å². The zero-order chi connectivity index (χ0) is 15.4. The summed E-state index contributed by atoms with van der Waals surface area (Å²) in [7, 11) is 0. The van der Waals surface area contributed by atoms with Crippen LogP contribution >= 0.6 is 0 Å². The van der Waals surface area contributed by atoms with Crippen LogP contribution < -0.4 is 15.8 Å². The quantitative estimate of drug-likeness (QED) is 0.782. The lowest BCUT2D eigenvalue weighted by atomic mass is 10.0. The third kappa shape index (κ3) is 1.65. The largest absolute Gasteiger partial charge is 0.327 e. The molecule has 1 unspecified atom stereocenters. The number of carbonyl (C=O) groups is 1. The van der Waals surface area contributed by atoms with Crippen LogP contribution in [-0.4, -0.2) is 35.6 Å². The number of hydrazine groups is 1. The lowest BCUT2D eigenvalue weighted by Gasteiger charge is -2.31. The fourth-order valence-electron chi connectivity index (χ4n) is 2.86. The minimum atomic E-state index is -0.318. The van der Waals surface area contributed by atoms with Gasteiger partial charge in [-0.15, -0.1) is 0 Å². The highest BCUT2D eigenvalue weighted by atomic mass is 16.2. The van der Waals surface area contributed by atoms with E-state index in [1.54, 1.807) is 23.8 Å². The number of hydrogen-bond donors (Lipinski definition) is 2. The summed E-state index contributed by atoms with van der Waals surface area (Å²) in [5, 5.41) is 10.4. The maximum absolute atomic E-state index is 12.3. The molecule has 112 valence electrons. The molecule has 8 nitrogen and oxygen atoms in total. The summed E-state index contributed by atoms with van der Waals surface area (Å²) in [6, 6.07) is 9.77. The summed E-state index contributed by atoms with van der Waals surface area (Å²) in [6.07, 6.45) is 4.80. The van der Waals surface area contributed by atoms with Gasteiger partial charge in [-0.3, -0.25) is 10.2 Å². The Labute approximate surface area is 131 Å². The molecule has 0 bridgehead atoms. The number of nitrogens with one attached hydrogen (secondary N) is 2. The second-order valence-electron chi connectivity index (χ2n) is 5.32. The highest BCUT2D eigenvalue weighted by Crippen LogP contribution is 2.31. The molecule has 8 heteroatoms. The summed E-state index contributed by atoms with van der Waals surface area (Å²) in [4.78, 5) is 21.2. The van der Waals surface area contributed by atoms with Gasteiger partial charge < -0.3 is 5.32 Å². The number of anilines is 1. The van der Waals surface area contributed by atoms with E-state index in [0.717, 1.165) is 11.3 Å². The van der Waals surface area contributed by atoms with Crippen LogP contribution in [0, 0.1) is 0 Å². The topological polar surface area (TPSA) is 84.7 Å². The van der Waals surface area contributed by atoms with Crippen molar-refractivity contribution in [3.8, 4) is 0 Å². The van der Waals surface area contributed by atoms with Gasteiger partial charge in [-0.2, -0.15) is 10.1 Å². The van der Waals surface area contributed by atoms with Crippen molar-refractivity contribution in [1.82, 2.24) is 15.8 Å². The Kier molecular flexibility index (Phi) is 2.27. The normalized spacial score (nSPS) is 23.8. The first-order valence-corrected chi connectivity index (χ1v) is 7.13. The number of rotatable bonds is 1. The van der Waals surface area contributed by atoms with Crippen molar-refractivity contribution in [3.63, 3.8) is 0 Å². The molecule has 4 aliphatic heterocycles. The number of amides is 1. The molecular weight excluding hydrogens is 294 g/mol. The van der Waals surface area contributed by atoms with E-state index in [0.29, 0.717) is 17.2 Å². The molecule has 1 aromatic carbocycles. The molecule has 5 rings (SSSR count). The smallest absolute Gasteiger partial charge is 0.256 e. The first-order chi connectivity index (χ1) is 11.3. The number of guanidine groups is 1. The predicted molar refractivity (Wildman–Crippen MR) is 85.4 cm³/mol. The number of nitrogens with zero attached hydrogens (tertiary/aromatic N) is 5. The van der Waals surface area contributed by atoms with Crippen molar-refractivity contribution in [2.75, 3.05) is 5.01 Å². The number of hydrazone groups is 1. The highest BCUT2D eigenvalue weighted by Gasteiger charge is 2.38. The zero-order valence-corrected chi connectivity index (χ0v) is 11.8. The van der Waals surface area contributed by atoms with Gasteiger partial charge in [0.25, 0.3) is 11.9 Å². The fourth-order valence-corrected chi connectivity index (χ4v) is 2.86. The number of aliphatic imine (C=N–C) groups is 2. The molecule has 0 aromatic heterocycles. The summed E-state index contributed by atoms with van der Waals surface area (Å²) < 4.78 is 0. The van der Waals surface area contributed by atoms with Crippen LogP contribution in [0.15, 0.2) is 68.5 Å². The van der Waals surface area contributed by atoms with Crippen LogP contribution in [0.3, 0.4) is 0 Å². The Morgan fingerprint density at radius 3 is 2.87 bits per heavy atom. The van der Waals surface area contributed by atoms with Gasteiger partial charge in [0.2, 0.25) is 0 Å². The van der Waals surface area contributed by atoms with Gasteiger partial charge in [-0.1, -0.05) is 18.2 Å². The number of fused-ring (bicyclic) bond motifs is 3. The van der Waals surface area contributed by atoms with E-state index in [2.05, 4.69) is 25.8 Å². The second-order valence-corrected chi connectivity index (χ2v) is 5.32. The first kappa shape index (κ1) is 12.2. The van der Waals surface area contributed by atoms with Crippen LogP contribution in [0.2, 0.25) is 0 Å². The number of hydrogen-bond acceptors (Lipinski definition) is 7. The third-order valence-electron chi connectivity index (χ3n) is 3.97. The van der Waals surface area contributed by atoms with Crippen molar-refractivity contribution in [2.24, 2.45) is 15.1 Å². The van der Waals surface area contributed by atoms with E-state index in [9.17, 15) is 4.79 Å². The molecule has 0 saturated heterocycles. The van der Waals surface area contributed by atoms with E-state index < -0.39 is 0 Å². The average molecular weight is 305 g/mol. The summed E-state index contributed by atoms with van der Waals surface area (Å²) in [6.45, 7) is 0. The average Bonchev–Trinajstić information content (AvgIpc) is 3.20. The van der Waals surface area contributed by atoms with Crippen molar-refractivity contribution in [3.05, 3.63) is 53.4 Å². The second kappa shape index (κ2) is 4.29. The number of carbonyl (C=O) groups excluding carboxylic acids is 1. The Bertz CT molecular complexity index is 865. The van der Waals surface area contributed by atoms with Crippen LogP contribution in [-0.2, 0) is 4.79 Å². The Morgan fingerprint density at radius 1 is 1.13 bits per heavy atom.